The summed E-state index contributed by atoms with van der Waals surface area (Å²) in [6, 6.07) is 10.5. The van der Waals surface area contributed by atoms with E-state index in [1.54, 1.807) is 58.2 Å². The summed E-state index contributed by atoms with van der Waals surface area (Å²) < 4.78 is 2.45. The molecule has 0 unspecified atom stereocenters. The average molecular weight is 548 g/mol. The van der Waals surface area contributed by atoms with Crippen LogP contribution in [0.4, 0.5) is 9.59 Å². The number of nitrogens with zero attached hydrogens (tertiary/aromatic N) is 9. The van der Waals surface area contributed by atoms with E-state index in [2.05, 4.69) is 10.2 Å². The van der Waals surface area contributed by atoms with Crippen LogP contribution in [0.1, 0.15) is 28.4 Å². The van der Waals surface area contributed by atoms with Gasteiger partial charge in [0.25, 0.3) is 5.91 Å². The topological polar surface area (TPSA) is 141 Å². The van der Waals surface area contributed by atoms with Gasteiger partial charge in [-0.1, -0.05) is 18.2 Å². The van der Waals surface area contributed by atoms with E-state index in [0.29, 0.717) is 50.4 Å². The maximum absolute atomic E-state index is 12.2. The first-order valence-electron chi connectivity index (χ1n) is 12.7. The number of piperazine rings is 1. The third kappa shape index (κ3) is 7.76. The van der Waals surface area contributed by atoms with E-state index in [9.17, 15) is 19.2 Å². The van der Waals surface area contributed by atoms with E-state index in [0.717, 1.165) is 10.2 Å². The first kappa shape index (κ1) is 29.6. The second-order valence-electron chi connectivity index (χ2n) is 9.32. The number of amides is 4. The predicted molar refractivity (Wildman–Crippen MR) is 145 cm³/mol. The SMILES string of the molecule is CC(=O)N1CCN(C(=O)n2cc(C#N)cn2)CC1.Cc1cnn(C(=O)N(C)CCN(C)C(=O)c2ccccc2)c1. The average Bonchev–Trinajstić information content (AvgIpc) is 3.64. The van der Waals surface area contributed by atoms with Crippen molar-refractivity contribution in [1.29, 1.82) is 5.26 Å². The predicted octanol–water partition coefficient (Wildman–Crippen LogP) is 1.75. The lowest BCUT2D eigenvalue weighted by molar-refractivity contribution is -0.130. The summed E-state index contributed by atoms with van der Waals surface area (Å²) >= 11 is 0. The molecule has 1 aliphatic rings. The smallest absolute Gasteiger partial charge is 0.340 e. The van der Waals surface area contributed by atoms with E-state index < -0.39 is 0 Å². The van der Waals surface area contributed by atoms with Crippen LogP contribution in [-0.4, -0.2) is 116 Å². The highest BCUT2D eigenvalue weighted by Gasteiger charge is 2.23. The van der Waals surface area contributed by atoms with Crippen molar-refractivity contribution in [3.05, 3.63) is 71.8 Å². The Morgan fingerprint density at radius 1 is 0.875 bits per heavy atom. The van der Waals surface area contributed by atoms with Gasteiger partial charge in [-0.05, 0) is 24.6 Å². The molecule has 1 aliphatic heterocycles. The second-order valence-corrected chi connectivity index (χ2v) is 9.32. The van der Waals surface area contributed by atoms with E-state index in [-0.39, 0.29) is 23.9 Å². The molecule has 1 fully saturated rings. The Morgan fingerprint density at radius 3 is 2.02 bits per heavy atom. The normalized spacial score (nSPS) is 12.6. The van der Waals surface area contributed by atoms with Crippen LogP contribution in [0.3, 0.4) is 0 Å². The quantitative estimate of drug-likeness (QED) is 0.485. The molecule has 0 radical (unpaired) electrons. The van der Waals surface area contributed by atoms with Crippen molar-refractivity contribution in [3.63, 3.8) is 0 Å². The van der Waals surface area contributed by atoms with E-state index in [4.69, 9.17) is 5.26 Å². The van der Waals surface area contributed by atoms with Gasteiger partial charge in [0.1, 0.15) is 6.07 Å². The van der Waals surface area contributed by atoms with Gasteiger partial charge in [0.2, 0.25) is 5.91 Å². The number of carbonyl (C=O) groups is 4. The van der Waals surface area contributed by atoms with Crippen molar-refractivity contribution in [2.45, 2.75) is 13.8 Å². The van der Waals surface area contributed by atoms with Gasteiger partial charge < -0.3 is 19.6 Å². The summed E-state index contributed by atoms with van der Waals surface area (Å²) in [6.07, 6.45) is 6.07. The fourth-order valence-electron chi connectivity index (χ4n) is 3.83. The van der Waals surface area contributed by atoms with Crippen LogP contribution in [0.2, 0.25) is 0 Å². The molecule has 40 heavy (non-hydrogen) atoms. The Balaban J connectivity index is 0.000000225. The van der Waals surface area contributed by atoms with Gasteiger partial charge in [0, 0.05) is 72.0 Å². The molecule has 0 bridgehead atoms. The van der Waals surface area contributed by atoms with Crippen LogP contribution in [0, 0.1) is 18.3 Å². The lowest BCUT2D eigenvalue weighted by atomic mass is 10.2. The first-order chi connectivity index (χ1) is 19.1. The number of nitriles is 1. The van der Waals surface area contributed by atoms with E-state index >= 15 is 0 Å². The Bertz CT molecular complexity index is 1370. The number of aryl methyl sites for hydroxylation is 1. The van der Waals surface area contributed by atoms with Gasteiger partial charge in [-0.15, -0.1) is 0 Å². The summed E-state index contributed by atoms with van der Waals surface area (Å²) in [4.78, 5) is 54.0. The summed E-state index contributed by atoms with van der Waals surface area (Å²) in [5.41, 5.74) is 1.92. The highest BCUT2D eigenvalue weighted by atomic mass is 16.2. The molecule has 13 heteroatoms. The molecule has 0 atom stereocenters. The number of aromatic nitrogens is 4. The number of benzene rings is 1. The fraction of sp³-hybridized carbons (Fsp3) is 0.370. The molecule has 1 aromatic carbocycles. The van der Waals surface area contributed by atoms with Gasteiger partial charge in [0.05, 0.1) is 24.2 Å². The minimum absolute atomic E-state index is 0.0213. The Hall–Kier alpha value is -4.99. The molecule has 3 heterocycles. The first-order valence-corrected chi connectivity index (χ1v) is 12.7. The number of carbonyl (C=O) groups excluding carboxylic acids is 4. The molecular weight excluding hydrogens is 514 g/mol. The Labute approximate surface area is 232 Å². The van der Waals surface area contributed by atoms with Crippen LogP contribution in [0.15, 0.2) is 55.1 Å². The van der Waals surface area contributed by atoms with Crippen LogP contribution < -0.4 is 0 Å². The zero-order chi connectivity index (χ0) is 29.2. The summed E-state index contributed by atoms with van der Waals surface area (Å²) in [6.45, 7) is 6.33. The van der Waals surface area contributed by atoms with Gasteiger partial charge in [-0.25, -0.2) is 9.59 Å². The van der Waals surface area contributed by atoms with Crippen molar-refractivity contribution in [2.75, 3.05) is 53.4 Å². The van der Waals surface area contributed by atoms with Gasteiger partial charge >= 0.3 is 12.1 Å². The van der Waals surface area contributed by atoms with E-state index in [1.165, 1.54) is 24.0 Å². The van der Waals surface area contributed by atoms with E-state index in [1.807, 2.05) is 31.2 Å². The van der Waals surface area contributed by atoms with Crippen LogP contribution >= 0.6 is 0 Å². The van der Waals surface area contributed by atoms with Gasteiger partial charge in [-0.3, -0.25) is 9.59 Å². The molecule has 4 rings (SSSR count). The van der Waals surface area contributed by atoms with Gasteiger partial charge in [-0.2, -0.15) is 24.8 Å². The molecule has 4 amide bonds. The summed E-state index contributed by atoms with van der Waals surface area (Å²) in [7, 11) is 3.42. The molecular formula is C27H33N9O4. The van der Waals surface area contributed by atoms with Crippen LogP contribution in [0.5, 0.6) is 0 Å². The molecule has 1 saturated heterocycles. The molecule has 210 valence electrons. The minimum Gasteiger partial charge on any atom is -0.340 e. The van der Waals surface area contributed by atoms with Crippen molar-refractivity contribution in [3.8, 4) is 6.07 Å². The highest BCUT2D eigenvalue weighted by molar-refractivity contribution is 5.94. The monoisotopic (exact) mass is 547 g/mol. The van der Waals surface area contributed by atoms with Crippen molar-refractivity contribution < 1.29 is 19.2 Å². The number of likely N-dealkylation sites (N-methyl/N-ethyl adjacent to an activating group) is 2. The van der Waals surface area contributed by atoms with Crippen molar-refractivity contribution >= 4 is 23.9 Å². The van der Waals surface area contributed by atoms with Crippen molar-refractivity contribution in [2.24, 2.45) is 0 Å². The molecule has 3 aromatic rings. The van der Waals surface area contributed by atoms with Crippen LogP contribution in [0.25, 0.3) is 0 Å². The standard InChI is InChI=1S/C16H20N4O2.C11H13N5O2/c1-13-11-17-20(12-13)16(22)19(3)10-9-18(2)15(21)14-7-5-4-6-8-14;1-9(17)14-2-4-15(5-3-14)11(18)16-8-10(6-12)7-13-16/h4-8,11-12H,9-10H2,1-3H3;7-8H,2-5H2,1H3. The third-order valence-corrected chi connectivity index (χ3v) is 6.28. The Kier molecular flexibility index (Phi) is 10.1. The van der Waals surface area contributed by atoms with Gasteiger partial charge in [0.15, 0.2) is 0 Å². The minimum atomic E-state index is -0.264. The zero-order valence-electron chi connectivity index (χ0n) is 23.1. The molecule has 0 aliphatic carbocycles. The lowest BCUT2D eigenvalue weighted by Gasteiger charge is -2.33. The summed E-state index contributed by atoms with van der Waals surface area (Å²) in [5.74, 6) is -0.0377. The Morgan fingerprint density at radius 2 is 1.48 bits per heavy atom. The second kappa shape index (κ2) is 13.7. The fourth-order valence-corrected chi connectivity index (χ4v) is 3.83. The molecule has 0 spiro atoms. The summed E-state index contributed by atoms with van der Waals surface area (Å²) in [5, 5.41) is 16.5. The third-order valence-electron chi connectivity index (χ3n) is 6.28. The molecule has 2 aromatic heterocycles. The number of rotatable bonds is 4. The maximum atomic E-state index is 12.2. The molecule has 0 N–H and O–H groups in total. The lowest BCUT2D eigenvalue weighted by Crippen LogP contribution is -2.51. The molecule has 0 saturated carbocycles. The highest BCUT2D eigenvalue weighted by Crippen LogP contribution is 2.06. The number of hydrogen-bond acceptors (Lipinski definition) is 7. The van der Waals surface area contributed by atoms with Crippen molar-refractivity contribution in [1.82, 2.24) is 39.2 Å². The van der Waals surface area contributed by atoms with Crippen LogP contribution in [-0.2, 0) is 4.79 Å². The zero-order valence-corrected chi connectivity index (χ0v) is 23.1. The number of hydrogen-bond donors (Lipinski definition) is 0. The molecule has 13 nitrogen and oxygen atoms in total. The maximum Gasteiger partial charge on any atom is 0.344 e. The largest absolute Gasteiger partial charge is 0.344 e.